The summed E-state index contributed by atoms with van der Waals surface area (Å²) < 4.78 is 5.22. The third kappa shape index (κ3) is 5.40. The molecule has 0 radical (unpaired) electrons. The Morgan fingerprint density at radius 3 is 2.48 bits per heavy atom. The molecule has 154 valence electrons. The number of rotatable bonds is 5. The molecule has 8 heteroatoms. The Labute approximate surface area is 174 Å². The Morgan fingerprint density at radius 2 is 1.86 bits per heavy atom. The number of carbonyl (C=O) groups excluding carboxylic acids is 2. The molecular weight excluding hydrogens is 394 g/mol. The second kappa shape index (κ2) is 9.62. The van der Waals surface area contributed by atoms with Crippen molar-refractivity contribution in [3.8, 4) is 5.75 Å². The number of halogens is 1. The molecule has 2 aromatic carbocycles. The summed E-state index contributed by atoms with van der Waals surface area (Å²) in [7, 11) is 1.61. The molecule has 0 aliphatic carbocycles. The Kier molecular flexibility index (Phi) is 6.95. The molecule has 1 heterocycles. The molecule has 1 fully saturated rings. The standard InChI is InChI=1S/C21H24ClN3O4/c1-29-17-8-2-14(3-9-17)18-10-11-25(20(27)13-26)12-19(18)24-21(28)23-16-6-4-15(22)5-7-16/h2-9,18-19,26H,10-13H2,1H3,(H2,23,24,28)/t18-,19+/m0/s1. The van der Waals surface area contributed by atoms with E-state index in [1.807, 2.05) is 24.3 Å². The van der Waals surface area contributed by atoms with Gasteiger partial charge >= 0.3 is 6.03 Å². The lowest BCUT2D eigenvalue weighted by Gasteiger charge is -2.39. The van der Waals surface area contributed by atoms with Crippen molar-refractivity contribution in [3.63, 3.8) is 0 Å². The average Bonchev–Trinajstić information content (AvgIpc) is 2.75. The van der Waals surface area contributed by atoms with E-state index in [0.717, 1.165) is 11.3 Å². The SMILES string of the molecule is COc1ccc([C@@H]2CCN(C(=O)CO)C[C@H]2NC(=O)Nc2ccc(Cl)cc2)cc1. The van der Waals surface area contributed by atoms with Crippen LogP contribution in [-0.2, 0) is 4.79 Å². The average molecular weight is 418 g/mol. The Morgan fingerprint density at radius 1 is 1.17 bits per heavy atom. The van der Waals surface area contributed by atoms with Gasteiger partial charge in [-0.15, -0.1) is 0 Å². The van der Waals surface area contributed by atoms with Crippen molar-refractivity contribution in [1.82, 2.24) is 10.2 Å². The molecule has 0 bridgehead atoms. The lowest BCUT2D eigenvalue weighted by Crippen LogP contribution is -2.54. The van der Waals surface area contributed by atoms with Gasteiger partial charge < -0.3 is 25.4 Å². The van der Waals surface area contributed by atoms with Crippen LogP contribution >= 0.6 is 11.6 Å². The lowest BCUT2D eigenvalue weighted by atomic mass is 9.85. The number of nitrogens with zero attached hydrogens (tertiary/aromatic N) is 1. The summed E-state index contributed by atoms with van der Waals surface area (Å²) in [5.74, 6) is 0.439. The fourth-order valence-electron chi connectivity index (χ4n) is 3.54. The molecule has 3 rings (SSSR count). The van der Waals surface area contributed by atoms with Crippen molar-refractivity contribution >= 4 is 29.2 Å². The van der Waals surface area contributed by atoms with Crippen LogP contribution < -0.4 is 15.4 Å². The number of anilines is 1. The van der Waals surface area contributed by atoms with E-state index in [-0.39, 0.29) is 23.9 Å². The van der Waals surface area contributed by atoms with Gasteiger partial charge in [-0.1, -0.05) is 23.7 Å². The van der Waals surface area contributed by atoms with Crippen LogP contribution in [0.25, 0.3) is 0 Å². The van der Waals surface area contributed by atoms with Crippen LogP contribution in [-0.4, -0.2) is 54.8 Å². The number of piperidine rings is 1. The molecule has 3 amide bonds. The molecule has 1 saturated heterocycles. The van der Waals surface area contributed by atoms with E-state index >= 15 is 0 Å². The zero-order valence-corrected chi connectivity index (χ0v) is 16.9. The molecule has 1 aliphatic rings. The molecule has 3 N–H and O–H groups in total. The number of likely N-dealkylation sites (tertiary alicyclic amines) is 1. The quantitative estimate of drug-likeness (QED) is 0.697. The Bertz CT molecular complexity index is 842. The monoisotopic (exact) mass is 417 g/mol. The van der Waals surface area contributed by atoms with Gasteiger partial charge in [0.25, 0.3) is 0 Å². The minimum absolute atomic E-state index is 0.0274. The predicted molar refractivity (Wildman–Crippen MR) is 111 cm³/mol. The maximum atomic E-state index is 12.6. The number of ether oxygens (including phenoxy) is 1. The zero-order valence-electron chi connectivity index (χ0n) is 16.1. The van der Waals surface area contributed by atoms with Crippen LogP contribution in [0.15, 0.2) is 48.5 Å². The van der Waals surface area contributed by atoms with E-state index in [1.165, 1.54) is 0 Å². The lowest BCUT2D eigenvalue weighted by molar-refractivity contribution is -0.135. The Hall–Kier alpha value is -2.77. The summed E-state index contributed by atoms with van der Waals surface area (Å²) in [6.45, 7) is 0.300. The van der Waals surface area contributed by atoms with Crippen LogP contribution in [0.4, 0.5) is 10.5 Å². The summed E-state index contributed by atoms with van der Waals surface area (Å²) in [5, 5.41) is 15.5. The molecular formula is C21H24ClN3O4. The van der Waals surface area contributed by atoms with Gasteiger partial charge in [0.15, 0.2) is 0 Å². The summed E-state index contributed by atoms with van der Waals surface area (Å²) in [6, 6.07) is 13.8. The van der Waals surface area contributed by atoms with E-state index in [0.29, 0.717) is 30.2 Å². The number of amides is 3. The van der Waals surface area contributed by atoms with Crippen molar-refractivity contribution in [1.29, 1.82) is 0 Å². The van der Waals surface area contributed by atoms with Gasteiger partial charge in [0.2, 0.25) is 5.91 Å². The van der Waals surface area contributed by atoms with E-state index in [2.05, 4.69) is 10.6 Å². The van der Waals surface area contributed by atoms with Crippen LogP contribution in [0.3, 0.4) is 0 Å². The van der Waals surface area contributed by atoms with E-state index in [1.54, 1.807) is 36.3 Å². The van der Waals surface area contributed by atoms with Crippen LogP contribution in [0, 0.1) is 0 Å². The predicted octanol–water partition coefficient (Wildman–Crippen LogP) is 2.85. The normalized spacial score (nSPS) is 18.8. The zero-order chi connectivity index (χ0) is 20.8. The highest BCUT2D eigenvalue weighted by atomic mass is 35.5. The number of aliphatic hydroxyl groups excluding tert-OH is 1. The first-order valence-corrected chi connectivity index (χ1v) is 9.73. The second-order valence-corrected chi connectivity index (χ2v) is 7.31. The van der Waals surface area contributed by atoms with Gasteiger partial charge in [0.05, 0.1) is 13.2 Å². The minimum Gasteiger partial charge on any atom is -0.497 e. The number of methoxy groups -OCH3 is 1. The number of hydrogen-bond donors (Lipinski definition) is 3. The van der Waals surface area contributed by atoms with Gasteiger partial charge in [-0.3, -0.25) is 4.79 Å². The fourth-order valence-corrected chi connectivity index (χ4v) is 3.67. The molecule has 2 atom stereocenters. The number of benzene rings is 2. The van der Waals surface area contributed by atoms with E-state index in [9.17, 15) is 14.7 Å². The Balaban J connectivity index is 1.74. The first-order valence-electron chi connectivity index (χ1n) is 9.36. The first kappa shape index (κ1) is 21.0. The smallest absolute Gasteiger partial charge is 0.319 e. The number of carbonyl (C=O) groups is 2. The largest absolute Gasteiger partial charge is 0.497 e. The number of nitrogens with one attached hydrogen (secondary N) is 2. The van der Waals surface area contributed by atoms with Crippen molar-refractivity contribution in [2.45, 2.75) is 18.4 Å². The van der Waals surface area contributed by atoms with Gasteiger partial charge in [-0.25, -0.2) is 4.79 Å². The van der Waals surface area contributed by atoms with Crippen molar-refractivity contribution in [2.24, 2.45) is 0 Å². The number of urea groups is 1. The van der Waals surface area contributed by atoms with E-state index in [4.69, 9.17) is 16.3 Å². The summed E-state index contributed by atoms with van der Waals surface area (Å²) in [4.78, 5) is 26.1. The van der Waals surface area contributed by atoms with Crippen LogP contribution in [0.2, 0.25) is 5.02 Å². The molecule has 1 aliphatic heterocycles. The summed E-state index contributed by atoms with van der Waals surface area (Å²) in [5.41, 5.74) is 1.67. The van der Waals surface area contributed by atoms with E-state index < -0.39 is 6.61 Å². The molecule has 29 heavy (non-hydrogen) atoms. The first-order chi connectivity index (χ1) is 14.0. The molecule has 0 saturated carbocycles. The van der Waals surface area contributed by atoms with Gasteiger partial charge in [0, 0.05) is 29.7 Å². The van der Waals surface area contributed by atoms with Crippen molar-refractivity contribution < 1.29 is 19.4 Å². The second-order valence-electron chi connectivity index (χ2n) is 6.88. The summed E-state index contributed by atoms with van der Waals surface area (Å²) >= 11 is 5.88. The van der Waals surface area contributed by atoms with Gasteiger partial charge in [-0.05, 0) is 48.4 Å². The molecule has 2 aromatic rings. The van der Waals surface area contributed by atoms with Crippen LogP contribution in [0.5, 0.6) is 5.75 Å². The summed E-state index contributed by atoms with van der Waals surface area (Å²) in [6.07, 6.45) is 0.671. The van der Waals surface area contributed by atoms with Gasteiger partial charge in [-0.2, -0.15) is 0 Å². The van der Waals surface area contributed by atoms with Crippen molar-refractivity contribution in [3.05, 3.63) is 59.1 Å². The molecule has 0 aromatic heterocycles. The number of aliphatic hydroxyl groups is 1. The van der Waals surface area contributed by atoms with Crippen LogP contribution in [0.1, 0.15) is 17.9 Å². The molecule has 0 spiro atoms. The fraction of sp³-hybridized carbons (Fsp3) is 0.333. The highest BCUT2D eigenvalue weighted by molar-refractivity contribution is 6.30. The third-order valence-electron chi connectivity index (χ3n) is 5.06. The van der Waals surface area contributed by atoms with Gasteiger partial charge in [0.1, 0.15) is 12.4 Å². The maximum absolute atomic E-state index is 12.6. The van der Waals surface area contributed by atoms with Crippen molar-refractivity contribution in [2.75, 3.05) is 32.1 Å². The number of hydrogen-bond acceptors (Lipinski definition) is 4. The highest BCUT2D eigenvalue weighted by Gasteiger charge is 2.33. The maximum Gasteiger partial charge on any atom is 0.319 e. The topological polar surface area (TPSA) is 90.9 Å². The third-order valence-corrected chi connectivity index (χ3v) is 5.32. The molecule has 7 nitrogen and oxygen atoms in total. The highest BCUT2D eigenvalue weighted by Crippen LogP contribution is 2.30. The minimum atomic E-state index is -0.545. The molecule has 0 unspecified atom stereocenters.